The number of nitrogens with zero attached hydrogens (tertiary/aromatic N) is 1. The molecular formula is C14H21N3O3. The van der Waals surface area contributed by atoms with Crippen LogP contribution in [0.2, 0.25) is 0 Å². The van der Waals surface area contributed by atoms with E-state index in [1.54, 1.807) is 26.0 Å². The van der Waals surface area contributed by atoms with Gasteiger partial charge in [0.1, 0.15) is 11.7 Å². The molecule has 0 aromatic heterocycles. The highest BCUT2D eigenvalue weighted by Gasteiger charge is 2.19. The molecule has 0 spiro atoms. The molecule has 6 heteroatoms. The zero-order valence-corrected chi connectivity index (χ0v) is 12.3. The van der Waals surface area contributed by atoms with Crippen molar-refractivity contribution in [1.29, 1.82) is 0 Å². The summed E-state index contributed by atoms with van der Waals surface area (Å²) in [7, 11) is 0. The predicted octanol–water partition coefficient (Wildman–Crippen LogP) is 2.48. The van der Waals surface area contributed by atoms with Gasteiger partial charge in [-0.1, -0.05) is 19.9 Å². The number of carbonyl (C=O) groups is 1. The maximum absolute atomic E-state index is 11.9. The van der Waals surface area contributed by atoms with Gasteiger partial charge in [-0.15, -0.1) is 0 Å². The van der Waals surface area contributed by atoms with Crippen molar-refractivity contribution < 1.29 is 9.72 Å². The van der Waals surface area contributed by atoms with Crippen LogP contribution < -0.4 is 10.6 Å². The molecule has 0 saturated heterocycles. The number of nitrogens with one attached hydrogen (secondary N) is 2. The molecule has 1 amide bonds. The highest BCUT2D eigenvalue weighted by Crippen LogP contribution is 2.25. The zero-order chi connectivity index (χ0) is 15.3. The van der Waals surface area contributed by atoms with Gasteiger partial charge in [0.15, 0.2) is 0 Å². The average molecular weight is 279 g/mol. The van der Waals surface area contributed by atoms with Crippen molar-refractivity contribution in [2.75, 3.05) is 11.9 Å². The number of nitro benzene ring substituents is 1. The topological polar surface area (TPSA) is 84.3 Å². The van der Waals surface area contributed by atoms with Crippen LogP contribution in [0.3, 0.4) is 0 Å². The van der Waals surface area contributed by atoms with E-state index in [1.807, 2.05) is 13.8 Å². The molecule has 0 bridgehead atoms. The quantitative estimate of drug-likeness (QED) is 0.619. The Hall–Kier alpha value is -2.11. The van der Waals surface area contributed by atoms with Crippen LogP contribution in [0.1, 0.15) is 26.3 Å². The van der Waals surface area contributed by atoms with Crippen LogP contribution in [0.5, 0.6) is 0 Å². The van der Waals surface area contributed by atoms with Crippen molar-refractivity contribution >= 4 is 17.3 Å². The van der Waals surface area contributed by atoms with Gasteiger partial charge in [0.2, 0.25) is 5.91 Å². The Morgan fingerprint density at radius 1 is 1.35 bits per heavy atom. The Labute approximate surface area is 118 Å². The fourth-order valence-electron chi connectivity index (χ4n) is 1.67. The van der Waals surface area contributed by atoms with Gasteiger partial charge in [-0.25, -0.2) is 0 Å². The molecule has 2 N–H and O–H groups in total. The first-order valence-corrected chi connectivity index (χ1v) is 6.60. The monoisotopic (exact) mass is 279 g/mol. The van der Waals surface area contributed by atoms with E-state index in [4.69, 9.17) is 0 Å². The minimum absolute atomic E-state index is 0.0199. The number of carbonyl (C=O) groups excluding carboxylic acids is 1. The molecule has 20 heavy (non-hydrogen) atoms. The van der Waals surface area contributed by atoms with E-state index in [0.717, 1.165) is 5.56 Å². The van der Waals surface area contributed by atoms with Crippen LogP contribution in [-0.4, -0.2) is 23.4 Å². The SMILES string of the molecule is Cc1ccc(NC(C)C(=O)NCC(C)C)c([N+](=O)[O-])c1. The van der Waals surface area contributed by atoms with Gasteiger partial charge < -0.3 is 10.6 Å². The van der Waals surface area contributed by atoms with Gasteiger partial charge in [0, 0.05) is 12.6 Å². The lowest BCUT2D eigenvalue weighted by molar-refractivity contribution is -0.384. The smallest absolute Gasteiger partial charge is 0.292 e. The van der Waals surface area contributed by atoms with Crippen molar-refractivity contribution in [2.24, 2.45) is 5.92 Å². The summed E-state index contributed by atoms with van der Waals surface area (Å²) in [5.74, 6) is 0.188. The molecule has 6 nitrogen and oxygen atoms in total. The largest absolute Gasteiger partial charge is 0.368 e. The summed E-state index contributed by atoms with van der Waals surface area (Å²) in [5, 5.41) is 16.7. The third kappa shape index (κ3) is 4.53. The molecule has 1 aromatic rings. The molecule has 1 rings (SSSR count). The van der Waals surface area contributed by atoms with Crippen molar-refractivity contribution in [2.45, 2.75) is 33.7 Å². The van der Waals surface area contributed by atoms with Gasteiger partial charge in [-0.2, -0.15) is 0 Å². The van der Waals surface area contributed by atoms with E-state index in [2.05, 4.69) is 10.6 Å². The van der Waals surface area contributed by atoms with Gasteiger partial charge in [-0.05, 0) is 31.4 Å². The molecule has 0 aliphatic carbocycles. The lowest BCUT2D eigenvalue weighted by atomic mass is 10.1. The standard InChI is InChI=1S/C14H21N3O3/c1-9(2)8-15-14(18)11(4)16-12-6-5-10(3)7-13(12)17(19)20/h5-7,9,11,16H,8H2,1-4H3,(H,15,18). The van der Waals surface area contributed by atoms with Gasteiger partial charge in [0.25, 0.3) is 5.69 Å². The van der Waals surface area contributed by atoms with Crippen LogP contribution >= 0.6 is 0 Å². The molecule has 1 atom stereocenters. The summed E-state index contributed by atoms with van der Waals surface area (Å²) in [6.07, 6.45) is 0. The van der Waals surface area contributed by atoms with Crippen molar-refractivity contribution in [3.8, 4) is 0 Å². The Bertz CT molecular complexity index is 500. The fraction of sp³-hybridized carbons (Fsp3) is 0.500. The van der Waals surface area contributed by atoms with Gasteiger partial charge in [0.05, 0.1) is 4.92 Å². The van der Waals surface area contributed by atoms with Crippen LogP contribution in [0.4, 0.5) is 11.4 Å². The van der Waals surface area contributed by atoms with Crippen molar-refractivity contribution in [3.05, 3.63) is 33.9 Å². The third-order valence-electron chi connectivity index (χ3n) is 2.80. The van der Waals surface area contributed by atoms with E-state index in [0.29, 0.717) is 18.2 Å². The second-order valence-corrected chi connectivity index (χ2v) is 5.28. The first-order valence-electron chi connectivity index (χ1n) is 6.60. The lowest BCUT2D eigenvalue weighted by Gasteiger charge is -2.16. The van der Waals surface area contributed by atoms with Crippen LogP contribution in [0, 0.1) is 23.0 Å². The zero-order valence-electron chi connectivity index (χ0n) is 12.3. The molecule has 0 aliphatic rings. The first-order chi connectivity index (χ1) is 9.31. The maximum atomic E-state index is 11.9. The van der Waals surface area contributed by atoms with Gasteiger partial charge in [-0.3, -0.25) is 14.9 Å². The molecule has 0 aliphatic heterocycles. The molecule has 0 radical (unpaired) electrons. The molecule has 0 saturated carbocycles. The Balaban J connectivity index is 2.77. The van der Waals surface area contributed by atoms with E-state index >= 15 is 0 Å². The third-order valence-corrected chi connectivity index (χ3v) is 2.80. The minimum atomic E-state index is -0.532. The number of benzene rings is 1. The molecule has 0 heterocycles. The number of anilines is 1. The highest BCUT2D eigenvalue weighted by molar-refractivity contribution is 5.85. The number of hydrogen-bond acceptors (Lipinski definition) is 4. The summed E-state index contributed by atoms with van der Waals surface area (Å²) in [4.78, 5) is 22.4. The summed E-state index contributed by atoms with van der Waals surface area (Å²) in [6, 6.07) is 4.35. The predicted molar refractivity (Wildman–Crippen MR) is 78.8 cm³/mol. The Morgan fingerprint density at radius 2 is 2.00 bits per heavy atom. The van der Waals surface area contributed by atoms with E-state index < -0.39 is 11.0 Å². The molecule has 0 fully saturated rings. The second-order valence-electron chi connectivity index (χ2n) is 5.28. The van der Waals surface area contributed by atoms with Crippen LogP contribution in [-0.2, 0) is 4.79 Å². The maximum Gasteiger partial charge on any atom is 0.292 e. The second kappa shape index (κ2) is 6.88. The molecule has 1 unspecified atom stereocenters. The average Bonchev–Trinajstić information content (AvgIpc) is 2.37. The summed E-state index contributed by atoms with van der Waals surface area (Å²) in [5.41, 5.74) is 1.14. The number of amides is 1. The fourth-order valence-corrected chi connectivity index (χ4v) is 1.67. The van der Waals surface area contributed by atoms with E-state index in [1.165, 1.54) is 6.07 Å². The first kappa shape index (κ1) is 15.9. The summed E-state index contributed by atoms with van der Waals surface area (Å²) >= 11 is 0. The van der Waals surface area contributed by atoms with E-state index in [9.17, 15) is 14.9 Å². The number of hydrogen-bond donors (Lipinski definition) is 2. The Morgan fingerprint density at radius 3 is 2.55 bits per heavy atom. The normalized spacial score (nSPS) is 12.1. The molecule has 1 aromatic carbocycles. The lowest BCUT2D eigenvalue weighted by Crippen LogP contribution is -2.39. The number of nitro groups is 1. The number of aryl methyl sites for hydroxylation is 1. The highest BCUT2D eigenvalue weighted by atomic mass is 16.6. The van der Waals surface area contributed by atoms with Crippen LogP contribution in [0.25, 0.3) is 0 Å². The van der Waals surface area contributed by atoms with Gasteiger partial charge >= 0.3 is 0 Å². The van der Waals surface area contributed by atoms with Crippen LogP contribution in [0.15, 0.2) is 18.2 Å². The molecule has 110 valence electrons. The summed E-state index contributed by atoms with van der Waals surface area (Å²) < 4.78 is 0. The number of rotatable bonds is 6. The van der Waals surface area contributed by atoms with Crippen molar-refractivity contribution in [3.63, 3.8) is 0 Å². The minimum Gasteiger partial charge on any atom is -0.368 e. The Kier molecular flexibility index (Phi) is 5.49. The van der Waals surface area contributed by atoms with Crippen molar-refractivity contribution in [1.82, 2.24) is 5.32 Å². The summed E-state index contributed by atoms with van der Waals surface area (Å²) in [6.45, 7) is 8.06. The molecular weight excluding hydrogens is 258 g/mol. The van der Waals surface area contributed by atoms with E-state index in [-0.39, 0.29) is 11.6 Å².